The first kappa shape index (κ1) is 12.1. The van der Waals surface area contributed by atoms with Gasteiger partial charge in [-0.3, -0.25) is 4.79 Å². The third-order valence-electron chi connectivity index (χ3n) is 2.13. The average Bonchev–Trinajstić information content (AvgIpc) is 2.72. The van der Waals surface area contributed by atoms with E-state index in [1.807, 2.05) is 6.92 Å². The van der Waals surface area contributed by atoms with E-state index in [4.69, 9.17) is 5.73 Å². The Balaban J connectivity index is 2.67. The zero-order chi connectivity index (χ0) is 11.3. The monoisotopic (exact) mass is 228 g/mol. The lowest BCUT2D eigenvalue weighted by molar-refractivity contribution is 0.0798. The molecule has 0 spiro atoms. The summed E-state index contributed by atoms with van der Waals surface area (Å²) < 4.78 is 3.80. The molecule has 0 aliphatic carbocycles. The maximum absolute atomic E-state index is 11.9. The molecule has 2 N–H and O–H groups in total. The molecule has 0 fully saturated rings. The summed E-state index contributed by atoms with van der Waals surface area (Å²) in [5.41, 5.74) is 6.17. The van der Waals surface area contributed by atoms with Crippen LogP contribution in [0.15, 0.2) is 0 Å². The van der Waals surface area contributed by atoms with Crippen LogP contribution in [0.3, 0.4) is 0 Å². The van der Waals surface area contributed by atoms with Gasteiger partial charge in [0.05, 0.1) is 5.69 Å². The lowest BCUT2D eigenvalue weighted by atomic mass is 10.2. The highest BCUT2D eigenvalue weighted by molar-refractivity contribution is 7.07. The van der Waals surface area contributed by atoms with Crippen LogP contribution in [0.1, 0.15) is 28.7 Å². The summed E-state index contributed by atoms with van der Waals surface area (Å²) in [4.78, 5) is 14.2. The number of carbonyl (C=O) groups excluding carboxylic acids is 1. The molecule has 0 atom stereocenters. The van der Waals surface area contributed by atoms with Gasteiger partial charge in [0, 0.05) is 13.6 Å². The summed E-state index contributed by atoms with van der Waals surface area (Å²) in [6.07, 6.45) is 1.55. The van der Waals surface area contributed by atoms with Crippen molar-refractivity contribution >= 4 is 17.4 Å². The Morgan fingerprint density at radius 2 is 2.33 bits per heavy atom. The van der Waals surface area contributed by atoms with Crippen molar-refractivity contribution in [1.82, 2.24) is 14.5 Å². The summed E-state index contributed by atoms with van der Waals surface area (Å²) in [6, 6.07) is 0. The third kappa shape index (κ3) is 2.97. The van der Waals surface area contributed by atoms with Gasteiger partial charge < -0.3 is 10.6 Å². The molecule has 1 amide bonds. The van der Waals surface area contributed by atoms with Crippen molar-refractivity contribution in [3.63, 3.8) is 0 Å². The number of carbonyl (C=O) groups is 1. The SMILES string of the molecule is CCc1nnsc1C(=O)N(C)CCCN. The molecule has 6 heteroatoms. The van der Waals surface area contributed by atoms with Crippen LogP contribution in [0.25, 0.3) is 0 Å². The molecular weight excluding hydrogens is 212 g/mol. The number of hydrogen-bond acceptors (Lipinski definition) is 5. The molecule has 0 saturated carbocycles. The van der Waals surface area contributed by atoms with Gasteiger partial charge in [0.25, 0.3) is 5.91 Å². The van der Waals surface area contributed by atoms with E-state index >= 15 is 0 Å². The van der Waals surface area contributed by atoms with Crippen molar-refractivity contribution in [2.75, 3.05) is 20.1 Å². The third-order valence-corrected chi connectivity index (χ3v) is 2.89. The molecule has 0 aliphatic heterocycles. The van der Waals surface area contributed by atoms with Crippen molar-refractivity contribution < 1.29 is 4.79 Å². The fourth-order valence-corrected chi connectivity index (χ4v) is 1.95. The van der Waals surface area contributed by atoms with E-state index in [9.17, 15) is 4.79 Å². The Kier molecular flexibility index (Phi) is 4.64. The number of hydrogen-bond donors (Lipinski definition) is 1. The predicted octanol–water partition coefficient (Wildman–Crippen LogP) is 0.521. The first-order valence-electron chi connectivity index (χ1n) is 4.97. The number of aromatic nitrogens is 2. The lowest BCUT2D eigenvalue weighted by Gasteiger charge is -2.15. The van der Waals surface area contributed by atoms with E-state index in [0.717, 1.165) is 30.1 Å². The molecule has 84 valence electrons. The number of amides is 1. The molecule has 0 aliphatic rings. The van der Waals surface area contributed by atoms with E-state index in [1.165, 1.54) is 0 Å². The quantitative estimate of drug-likeness (QED) is 0.797. The zero-order valence-electron chi connectivity index (χ0n) is 9.06. The highest BCUT2D eigenvalue weighted by Gasteiger charge is 2.18. The Morgan fingerprint density at radius 3 is 2.93 bits per heavy atom. The Labute approximate surface area is 93.4 Å². The summed E-state index contributed by atoms with van der Waals surface area (Å²) >= 11 is 1.16. The van der Waals surface area contributed by atoms with Crippen molar-refractivity contribution in [1.29, 1.82) is 0 Å². The molecule has 0 saturated heterocycles. The first-order chi connectivity index (χ1) is 7.20. The van der Waals surface area contributed by atoms with Gasteiger partial charge in [-0.2, -0.15) is 0 Å². The van der Waals surface area contributed by atoms with Gasteiger partial charge in [-0.05, 0) is 30.9 Å². The van der Waals surface area contributed by atoms with E-state index < -0.39 is 0 Å². The van der Waals surface area contributed by atoms with E-state index in [2.05, 4.69) is 9.59 Å². The van der Waals surface area contributed by atoms with Crippen LogP contribution in [0.4, 0.5) is 0 Å². The summed E-state index contributed by atoms with van der Waals surface area (Å²) in [5.74, 6) is -0.00435. The number of nitrogens with zero attached hydrogens (tertiary/aromatic N) is 3. The molecule has 1 aromatic heterocycles. The largest absolute Gasteiger partial charge is 0.341 e. The number of rotatable bonds is 5. The van der Waals surface area contributed by atoms with Crippen LogP contribution in [-0.2, 0) is 6.42 Å². The van der Waals surface area contributed by atoms with Crippen molar-refractivity contribution in [2.45, 2.75) is 19.8 Å². The lowest BCUT2D eigenvalue weighted by Crippen LogP contribution is -2.29. The molecule has 0 unspecified atom stereocenters. The van der Waals surface area contributed by atoms with Gasteiger partial charge in [0.2, 0.25) is 0 Å². The van der Waals surface area contributed by atoms with Crippen molar-refractivity contribution in [3.05, 3.63) is 10.6 Å². The predicted molar refractivity (Wildman–Crippen MR) is 59.9 cm³/mol. The Bertz CT molecular complexity index is 326. The first-order valence-corrected chi connectivity index (χ1v) is 5.74. The molecule has 0 radical (unpaired) electrons. The molecule has 1 aromatic rings. The van der Waals surface area contributed by atoms with E-state index in [-0.39, 0.29) is 5.91 Å². The second-order valence-corrected chi connectivity index (χ2v) is 4.03. The number of aryl methyl sites for hydroxylation is 1. The maximum Gasteiger partial charge on any atom is 0.267 e. The van der Waals surface area contributed by atoms with Gasteiger partial charge in [0.1, 0.15) is 4.88 Å². The maximum atomic E-state index is 11.9. The molecule has 1 rings (SSSR count). The van der Waals surface area contributed by atoms with Gasteiger partial charge >= 0.3 is 0 Å². The highest BCUT2D eigenvalue weighted by Crippen LogP contribution is 2.13. The fraction of sp³-hybridized carbons (Fsp3) is 0.667. The summed E-state index contributed by atoms with van der Waals surface area (Å²) in [5, 5.41) is 3.91. The van der Waals surface area contributed by atoms with Crippen molar-refractivity contribution in [2.24, 2.45) is 5.73 Å². The van der Waals surface area contributed by atoms with Crippen molar-refractivity contribution in [3.8, 4) is 0 Å². The molecular formula is C9H16N4OS. The van der Waals surface area contributed by atoms with Crippen LogP contribution in [0, 0.1) is 0 Å². The minimum Gasteiger partial charge on any atom is -0.341 e. The molecule has 5 nitrogen and oxygen atoms in total. The second-order valence-electron chi connectivity index (χ2n) is 3.27. The Hall–Kier alpha value is -1.01. The van der Waals surface area contributed by atoms with Gasteiger partial charge in [0.15, 0.2) is 0 Å². The van der Waals surface area contributed by atoms with Crippen LogP contribution in [0.5, 0.6) is 0 Å². The molecule has 0 aromatic carbocycles. The zero-order valence-corrected chi connectivity index (χ0v) is 9.88. The minimum atomic E-state index is -0.00435. The van der Waals surface area contributed by atoms with Gasteiger partial charge in [-0.1, -0.05) is 11.4 Å². The Morgan fingerprint density at radius 1 is 1.60 bits per heavy atom. The normalized spacial score (nSPS) is 10.3. The van der Waals surface area contributed by atoms with E-state index in [1.54, 1.807) is 11.9 Å². The highest BCUT2D eigenvalue weighted by atomic mass is 32.1. The molecule has 1 heterocycles. The standard InChI is InChI=1S/C9H16N4OS/c1-3-7-8(15-12-11-7)9(14)13(2)6-4-5-10/h3-6,10H2,1-2H3. The van der Waals surface area contributed by atoms with Crippen LogP contribution in [0.2, 0.25) is 0 Å². The summed E-state index contributed by atoms with van der Waals surface area (Å²) in [7, 11) is 1.77. The minimum absolute atomic E-state index is 0.00435. The van der Waals surface area contributed by atoms with Gasteiger partial charge in [-0.15, -0.1) is 5.10 Å². The average molecular weight is 228 g/mol. The topological polar surface area (TPSA) is 72.1 Å². The smallest absolute Gasteiger partial charge is 0.267 e. The fourth-order valence-electron chi connectivity index (χ4n) is 1.21. The molecule has 15 heavy (non-hydrogen) atoms. The van der Waals surface area contributed by atoms with Crippen LogP contribution < -0.4 is 5.73 Å². The number of nitrogens with two attached hydrogens (primary N) is 1. The van der Waals surface area contributed by atoms with E-state index in [0.29, 0.717) is 18.0 Å². The molecule has 0 bridgehead atoms. The second kappa shape index (κ2) is 5.77. The van der Waals surface area contributed by atoms with Gasteiger partial charge in [-0.25, -0.2) is 0 Å². The van der Waals surface area contributed by atoms with Crippen LogP contribution in [-0.4, -0.2) is 40.5 Å². The summed E-state index contributed by atoms with van der Waals surface area (Å²) in [6.45, 7) is 3.24. The van der Waals surface area contributed by atoms with Crippen LogP contribution >= 0.6 is 11.5 Å².